The average Bonchev–Trinajstić information content (AvgIpc) is 2.57. The molecule has 5 nitrogen and oxygen atoms in total. The van der Waals surface area contributed by atoms with Gasteiger partial charge in [-0.05, 0) is 36.1 Å². The smallest absolute Gasteiger partial charge is 0.240 e. The first kappa shape index (κ1) is 19.0. The third-order valence-corrected chi connectivity index (χ3v) is 5.09. The second kappa shape index (κ2) is 8.16. The molecule has 1 amide bonds. The lowest BCUT2D eigenvalue weighted by Gasteiger charge is -2.22. The Kier molecular flexibility index (Phi) is 6.20. The van der Waals surface area contributed by atoms with Crippen molar-refractivity contribution in [2.45, 2.75) is 19.8 Å². The Labute approximate surface area is 149 Å². The second-order valence-corrected chi connectivity index (χ2v) is 8.13. The normalized spacial score (nSPS) is 12.4. The highest BCUT2D eigenvalue weighted by Crippen LogP contribution is 2.18. The van der Waals surface area contributed by atoms with Gasteiger partial charge < -0.3 is 5.32 Å². The minimum absolute atomic E-state index is 0.149. The van der Waals surface area contributed by atoms with E-state index in [4.69, 9.17) is 0 Å². The Bertz CT molecular complexity index is 820. The van der Waals surface area contributed by atoms with Crippen LogP contribution in [0.3, 0.4) is 0 Å². The van der Waals surface area contributed by atoms with Crippen molar-refractivity contribution in [2.24, 2.45) is 0 Å². The molecule has 0 aliphatic rings. The molecule has 1 unspecified atom stereocenters. The van der Waals surface area contributed by atoms with Crippen LogP contribution in [-0.2, 0) is 14.8 Å². The molecular formula is C19H24N2O3S. The van der Waals surface area contributed by atoms with Crippen molar-refractivity contribution in [3.05, 3.63) is 65.7 Å². The molecule has 25 heavy (non-hydrogen) atoms. The van der Waals surface area contributed by atoms with Gasteiger partial charge in [0.15, 0.2) is 0 Å². The van der Waals surface area contributed by atoms with Crippen LogP contribution in [0.5, 0.6) is 0 Å². The van der Waals surface area contributed by atoms with E-state index in [9.17, 15) is 13.2 Å². The molecule has 0 aromatic heterocycles. The van der Waals surface area contributed by atoms with Crippen LogP contribution in [0.25, 0.3) is 0 Å². The summed E-state index contributed by atoms with van der Waals surface area (Å²) in [6.07, 6.45) is 1.11. The fraction of sp³-hybridized carbons (Fsp3) is 0.316. The van der Waals surface area contributed by atoms with Crippen LogP contribution in [0.4, 0.5) is 5.69 Å². The van der Waals surface area contributed by atoms with E-state index in [1.54, 1.807) is 18.2 Å². The molecule has 0 aliphatic carbocycles. The second-order valence-electron chi connectivity index (χ2n) is 6.22. The predicted octanol–water partition coefficient (Wildman–Crippen LogP) is 2.68. The van der Waals surface area contributed by atoms with Crippen LogP contribution in [0.1, 0.15) is 24.0 Å². The fourth-order valence-electron chi connectivity index (χ4n) is 2.54. The molecule has 0 fully saturated rings. The van der Waals surface area contributed by atoms with E-state index in [0.717, 1.165) is 21.7 Å². The van der Waals surface area contributed by atoms with E-state index < -0.39 is 10.0 Å². The predicted molar refractivity (Wildman–Crippen MR) is 101 cm³/mol. The molecule has 0 saturated carbocycles. The number of nitrogens with one attached hydrogen (secondary N) is 1. The maximum atomic E-state index is 12.3. The van der Waals surface area contributed by atoms with Gasteiger partial charge in [-0.25, -0.2) is 8.42 Å². The minimum atomic E-state index is -3.55. The maximum absolute atomic E-state index is 12.3. The quantitative estimate of drug-likeness (QED) is 0.825. The number of anilines is 1. The largest absolute Gasteiger partial charge is 0.354 e. The molecule has 2 aromatic carbocycles. The highest BCUT2D eigenvalue weighted by Gasteiger charge is 2.21. The number of amides is 1. The molecule has 0 saturated heterocycles. The average molecular weight is 360 g/mol. The Hall–Kier alpha value is -2.34. The summed E-state index contributed by atoms with van der Waals surface area (Å²) in [6, 6.07) is 17.0. The van der Waals surface area contributed by atoms with Crippen LogP contribution in [0.2, 0.25) is 0 Å². The molecule has 1 N–H and O–H groups in total. The van der Waals surface area contributed by atoms with E-state index in [1.165, 1.54) is 0 Å². The molecule has 6 heteroatoms. The van der Waals surface area contributed by atoms with Crippen molar-refractivity contribution in [2.75, 3.05) is 23.7 Å². The Balaban J connectivity index is 2.03. The Morgan fingerprint density at radius 2 is 1.80 bits per heavy atom. The summed E-state index contributed by atoms with van der Waals surface area (Å²) in [5.74, 6) is -0.175. The molecule has 2 rings (SSSR count). The summed E-state index contributed by atoms with van der Waals surface area (Å²) >= 11 is 0. The number of hydrogen-bond acceptors (Lipinski definition) is 3. The number of nitrogens with zero attached hydrogens (tertiary/aromatic N) is 1. The molecule has 2 aromatic rings. The minimum Gasteiger partial charge on any atom is -0.354 e. The highest BCUT2D eigenvalue weighted by atomic mass is 32.2. The van der Waals surface area contributed by atoms with Crippen molar-refractivity contribution < 1.29 is 13.2 Å². The van der Waals surface area contributed by atoms with Crippen LogP contribution in [0.15, 0.2) is 54.6 Å². The summed E-state index contributed by atoms with van der Waals surface area (Å²) in [6.45, 7) is 4.12. The first-order valence-electron chi connectivity index (χ1n) is 8.13. The number of aryl methyl sites for hydroxylation is 1. The van der Waals surface area contributed by atoms with Crippen molar-refractivity contribution in [1.29, 1.82) is 0 Å². The third kappa shape index (κ3) is 5.60. The lowest BCUT2D eigenvalue weighted by Crippen LogP contribution is -2.41. The molecule has 0 heterocycles. The zero-order valence-electron chi connectivity index (χ0n) is 14.8. The SMILES string of the molecule is Cc1cccc(N(CC(=O)NCC(C)c2ccccc2)S(C)(=O)=O)c1. The van der Waals surface area contributed by atoms with E-state index in [1.807, 2.05) is 50.2 Å². The summed E-state index contributed by atoms with van der Waals surface area (Å²) in [4.78, 5) is 12.3. The standard InChI is InChI=1S/C19H24N2O3S/c1-15-8-7-11-18(12-15)21(25(3,23)24)14-19(22)20-13-16(2)17-9-5-4-6-10-17/h4-12,16H,13-14H2,1-3H3,(H,20,22). The van der Waals surface area contributed by atoms with Crippen LogP contribution in [-0.4, -0.2) is 33.7 Å². The van der Waals surface area contributed by atoms with Gasteiger partial charge in [-0.2, -0.15) is 0 Å². The lowest BCUT2D eigenvalue weighted by molar-refractivity contribution is -0.119. The molecule has 0 bridgehead atoms. The number of sulfonamides is 1. The first-order chi connectivity index (χ1) is 11.8. The number of carbonyl (C=O) groups is 1. The Morgan fingerprint density at radius 3 is 2.40 bits per heavy atom. The van der Waals surface area contributed by atoms with Crippen molar-refractivity contribution in [3.63, 3.8) is 0 Å². The van der Waals surface area contributed by atoms with E-state index in [0.29, 0.717) is 12.2 Å². The molecule has 0 spiro atoms. The third-order valence-electron chi connectivity index (χ3n) is 3.95. The zero-order valence-corrected chi connectivity index (χ0v) is 15.6. The molecule has 134 valence electrons. The Morgan fingerprint density at radius 1 is 1.12 bits per heavy atom. The van der Waals surface area contributed by atoms with Gasteiger partial charge in [-0.15, -0.1) is 0 Å². The monoisotopic (exact) mass is 360 g/mol. The maximum Gasteiger partial charge on any atom is 0.240 e. The molecular weight excluding hydrogens is 336 g/mol. The van der Waals surface area contributed by atoms with Crippen LogP contribution < -0.4 is 9.62 Å². The van der Waals surface area contributed by atoms with Crippen molar-refractivity contribution >= 4 is 21.6 Å². The summed E-state index contributed by atoms with van der Waals surface area (Å²) < 4.78 is 25.3. The number of carbonyl (C=O) groups excluding carboxylic acids is 1. The van der Waals surface area contributed by atoms with E-state index >= 15 is 0 Å². The number of hydrogen-bond donors (Lipinski definition) is 1. The van der Waals surface area contributed by atoms with Gasteiger partial charge in [-0.3, -0.25) is 9.10 Å². The van der Waals surface area contributed by atoms with Crippen molar-refractivity contribution in [1.82, 2.24) is 5.32 Å². The van der Waals surface area contributed by atoms with Gasteiger partial charge in [0.2, 0.25) is 15.9 Å². The fourth-order valence-corrected chi connectivity index (χ4v) is 3.38. The number of rotatable bonds is 7. The van der Waals surface area contributed by atoms with Crippen LogP contribution >= 0.6 is 0 Å². The summed E-state index contributed by atoms with van der Waals surface area (Å²) in [7, 11) is -3.55. The topological polar surface area (TPSA) is 66.5 Å². The van der Waals surface area contributed by atoms with Gasteiger partial charge in [-0.1, -0.05) is 49.4 Å². The number of benzene rings is 2. The van der Waals surface area contributed by atoms with Gasteiger partial charge in [0.25, 0.3) is 0 Å². The first-order valence-corrected chi connectivity index (χ1v) is 9.98. The van der Waals surface area contributed by atoms with Gasteiger partial charge >= 0.3 is 0 Å². The highest BCUT2D eigenvalue weighted by molar-refractivity contribution is 7.92. The molecule has 0 aliphatic heterocycles. The van der Waals surface area contributed by atoms with Crippen molar-refractivity contribution in [3.8, 4) is 0 Å². The molecule has 0 radical (unpaired) electrons. The zero-order chi connectivity index (χ0) is 18.4. The summed E-state index contributed by atoms with van der Waals surface area (Å²) in [5, 5.41) is 2.82. The van der Waals surface area contributed by atoms with E-state index in [2.05, 4.69) is 5.32 Å². The lowest BCUT2D eigenvalue weighted by atomic mass is 10.0. The molecule has 1 atom stereocenters. The summed E-state index contributed by atoms with van der Waals surface area (Å²) in [5.41, 5.74) is 2.56. The van der Waals surface area contributed by atoms with E-state index in [-0.39, 0.29) is 18.4 Å². The van der Waals surface area contributed by atoms with Gasteiger partial charge in [0.05, 0.1) is 11.9 Å². The van der Waals surface area contributed by atoms with Crippen LogP contribution in [0, 0.1) is 6.92 Å². The van der Waals surface area contributed by atoms with Gasteiger partial charge in [0, 0.05) is 6.54 Å². The van der Waals surface area contributed by atoms with Gasteiger partial charge in [0.1, 0.15) is 6.54 Å².